The van der Waals surface area contributed by atoms with E-state index in [1.54, 1.807) is 17.8 Å². The van der Waals surface area contributed by atoms with Gasteiger partial charge in [-0.05, 0) is 24.7 Å². The number of anilines is 1. The molecule has 0 unspecified atom stereocenters. The molecule has 0 amide bonds. The maximum absolute atomic E-state index is 11.9. The number of ether oxygens (including phenoxy) is 1. The van der Waals surface area contributed by atoms with Crippen LogP contribution in [0.25, 0.3) is 0 Å². The van der Waals surface area contributed by atoms with Gasteiger partial charge in [-0.3, -0.25) is 0 Å². The second kappa shape index (κ2) is 5.49. The van der Waals surface area contributed by atoms with Crippen LogP contribution in [0.5, 0.6) is 0 Å². The molecule has 1 aromatic rings. The normalized spacial score (nSPS) is 14.9. The van der Waals surface area contributed by atoms with Crippen LogP contribution in [0.3, 0.4) is 0 Å². The van der Waals surface area contributed by atoms with Gasteiger partial charge in [0.05, 0.1) is 5.69 Å². The summed E-state index contributed by atoms with van der Waals surface area (Å²) in [4.78, 5) is 11.9. The van der Waals surface area contributed by atoms with Gasteiger partial charge >= 0.3 is 5.97 Å². The van der Waals surface area contributed by atoms with Crippen LogP contribution in [0.15, 0.2) is 12.3 Å². The molecule has 2 N–H and O–H groups in total. The third kappa shape index (κ3) is 3.19. The van der Waals surface area contributed by atoms with Gasteiger partial charge in [-0.2, -0.15) is 11.8 Å². The lowest BCUT2D eigenvalue weighted by Gasteiger charge is -2.07. The summed E-state index contributed by atoms with van der Waals surface area (Å²) in [5, 5.41) is 0. The van der Waals surface area contributed by atoms with Crippen LogP contribution in [-0.4, -0.2) is 28.6 Å². The highest BCUT2D eigenvalue weighted by atomic mass is 32.2. The quantitative estimate of drug-likeness (QED) is 0.625. The van der Waals surface area contributed by atoms with Gasteiger partial charge < -0.3 is 15.0 Å². The summed E-state index contributed by atoms with van der Waals surface area (Å²) < 4.78 is 7.17. The van der Waals surface area contributed by atoms with Gasteiger partial charge in [-0.15, -0.1) is 0 Å². The van der Waals surface area contributed by atoms with Gasteiger partial charge in [0.25, 0.3) is 0 Å². The number of aromatic nitrogens is 1. The highest BCUT2D eigenvalue weighted by Crippen LogP contribution is 2.37. The maximum Gasteiger partial charge on any atom is 0.355 e. The minimum atomic E-state index is -0.259. The molecular formula is C12H18N2O2S. The highest BCUT2D eigenvalue weighted by molar-refractivity contribution is 7.99. The van der Waals surface area contributed by atoms with Gasteiger partial charge in [-0.1, -0.05) is 6.92 Å². The van der Waals surface area contributed by atoms with E-state index in [-0.39, 0.29) is 5.97 Å². The van der Waals surface area contributed by atoms with Gasteiger partial charge in [0, 0.05) is 18.0 Å². The molecule has 0 atom stereocenters. The second-order valence-electron chi connectivity index (χ2n) is 4.13. The molecular weight excluding hydrogens is 236 g/mol. The van der Waals surface area contributed by atoms with Crippen LogP contribution in [0.2, 0.25) is 0 Å². The summed E-state index contributed by atoms with van der Waals surface area (Å²) in [6.07, 6.45) is 4.08. The molecule has 1 aliphatic carbocycles. The zero-order valence-electron chi connectivity index (χ0n) is 10.0. The first-order valence-corrected chi connectivity index (χ1v) is 7.10. The van der Waals surface area contributed by atoms with Crippen LogP contribution >= 0.6 is 11.8 Å². The predicted molar refractivity (Wildman–Crippen MR) is 70.4 cm³/mol. The summed E-state index contributed by atoms with van der Waals surface area (Å²) in [7, 11) is 0. The number of nitrogen functional groups attached to an aromatic ring is 1. The number of nitrogens with two attached hydrogens (primary N) is 1. The predicted octanol–water partition coefficient (Wildman–Crippen LogP) is 2.32. The van der Waals surface area contributed by atoms with Crippen LogP contribution < -0.4 is 5.73 Å². The van der Waals surface area contributed by atoms with Gasteiger partial charge in [-0.25, -0.2) is 4.79 Å². The monoisotopic (exact) mass is 254 g/mol. The average Bonchev–Trinajstić information content (AvgIpc) is 3.08. The standard InChI is InChI=1S/C12H18N2O2S/c1-2-17-6-5-16-12(15)11-7-9(13)8-14(11)10-3-4-10/h7-8,10H,2-6,13H2,1H3. The molecule has 1 fully saturated rings. The van der Waals surface area contributed by atoms with Crippen molar-refractivity contribution in [3.63, 3.8) is 0 Å². The Morgan fingerprint density at radius 3 is 3.06 bits per heavy atom. The van der Waals surface area contributed by atoms with Gasteiger partial charge in [0.2, 0.25) is 0 Å². The van der Waals surface area contributed by atoms with Crippen LogP contribution in [0, 0.1) is 0 Å². The van der Waals surface area contributed by atoms with E-state index in [0.29, 0.717) is 24.0 Å². The first-order chi connectivity index (χ1) is 8.22. The molecule has 0 aliphatic heterocycles. The SMILES string of the molecule is CCSCCOC(=O)c1cc(N)cn1C1CC1. The summed E-state index contributed by atoms with van der Waals surface area (Å²) in [6, 6.07) is 2.15. The molecule has 0 aromatic carbocycles. The molecule has 1 aromatic heterocycles. The molecule has 1 aliphatic rings. The summed E-state index contributed by atoms with van der Waals surface area (Å²) in [5.74, 6) is 1.63. The zero-order chi connectivity index (χ0) is 12.3. The van der Waals surface area contributed by atoms with E-state index in [2.05, 4.69) is 6.92 Å². The molecule has 5 heteroatoms. The van der Waals surface area contributed by atoms with Crippen LogP contribution in [-0.2, 0) is 4.74 Å². The summed E-state index contributed by atoms with van der Waals surface area (Å²) in [6.45, 7) is 2.55. The fraction of sp³-hybridized carbons (Fsp3) is 0.583. The van der Waals surface area contributed by atoms with E-state index >= 15 is 0 Å². The lowest BCUT2D eigenvalue weighted by molar-refractivity contribution is 0.0517. The van der Waals surface area contributed by atoms with Crippen molar-refractivity contribution in [2.24, 2.45) is 0 Å². The second-order valence-corrected chi connectivity index (χ2v) is 5.52. The van der Waals surface area contributed by atoms with Crippen molar-refractivity contribution in [2.45, 2.75) is 25.8 Å². The Kier molecular flexibility index (Phi) is 3.99. The number of esters is 1. The first kappa shape index (κ1) is 12.4. The van der Waals surface area contributed by atoms with E-state index in [1.807, 2.05) is 10.8 Å². The number of carbonyl (C=O) groups is 1. The number of thioether (sulfide) groups is 1. The number of nitrogens with zero attached hydrogens (tertiary/aromatic N) is 1. The number of hydrogen-bond donors (Lipinski definition) is 1. The van der Waals surface area contributed by atoms with Gasteiger partial charge in [0.1, 0.15) is 12.3 Å². The molecule has 0 spiro atoms. The Morgan fingerprint density at radius 1 is 1.65 bits per heavy atom. The van der Waals surface area contributed by atoms with Crippen molar-refractivity contribution >= 4 is 23.4 Å². The molecule has 1 heterocycles. The molecule has 94 valence electrons. The largest absolute Gasteiger partial charge is 0.460 e. The maximum atomic E-state index is 11.9. The highest BCUT2D eigenvalue weighted by Gasteiger charge is 2.28. The van der Waals surface area contributed by atoms with Gasteiger partial charge in [0.15, 0.2) is 0 Å². The Morgan fingerprint density at radius 2 is 2.41 bits per heavy atom. The lowest BCUT2D eigenvalue weighted by Crippen LogP contribution is -2.12. The van der Waals surface area contributed by atoms with Crippen LogP contribution in [0.4, 0.5) is 5.69 Å². The Balaban J connectivity index is 1.93. The summed E-state index contributed by atoms with van der Waals surface area (Å²) >= 11 is 1.76. The van der Waals surface area contributed by atoms with E-state index in [1.165, 1.54) is 0 Å². The smallest absolute Gasteiger partial charge is 0.355 e. The third-order valence-electron chi connectivity index (χ3n) is 2.68. The molecule has 0 radical (unpaired) electrons. The molecule has 2 rings (SSSR count). The van der Waals surface area contributed by atoms with Crippen molar-refractivity contribution in [2.75, 3.05) is 23.8 Å². The fourth-order valence-electron chi connectivity index (χ4n) is 1.73. The minimum Gasteiger partial charge on any atom is -0.460 e. The minimum absolute atomic E-state index is 0.259. The number of carbonyl (C=O) groups excluding carboxylic acids is 1. The van der Waals surface area contributed by atoms with E-state index in [0.717, 1.165) is 24.3 Å². The van der Waals surface area contributed by atoms with Crippen molar-refractivity contribution in [1.82, 2.24) is 4.57 Å². The van der Waals surface area contributed by atoms with Crippen molar-refractivity contribution in [3.05, 3.63) is 18.0 Å². The van der Waals surface area contributed by atoms with E-state index in [9.17, 15) is 4.79 Å². The molecule has 17 heavy (non-hydrogen) atoms. The number of rotatable bonds is 6. The van der Waals surface area contributed by atoms with Crippen molar-refractivity contribution in [3.8, 4) is 0 Å². The Hall–Kier alpha value is -1.10. The number of hydrogen-bond acceptors (Lipinski definition) is 4. The van der Waals surface area contributed by atoms with E-state index in [4.69, 9.17) is 10.5 Å². The molecule has 4 nitrogen and oxygen atoms in total. The van der Waals surface area contributed by atoms with Crippen molar-refractivity contribution < 1.29 is 9.53 Å². The Bertz CT molecular complexity index is 399. The lowest BCUT2D eigenvalue weighted by atomic mass is 10.4. The van der Waals surface area contributed by atoms with Crippen molar-refractivity contribution in [1.29, 1.82) is 0 Å². The van der Waals surface area contributed by atoms with Crippen LogP contribution in [0.1, 0.15) is 36.3 Å². The van der Waals surface area contributed by atoms with E-state index < -0.39 is 0 Å². The molecule has 0 saturated heterocycles. The zero-order valence-corrected chi connectivity index (χ0v) is 10.8. The fourth-order valence-corrected chi connectivity index (χ4v) is 2.22. The average molecular weight is 254 g/mol. The Labute approximate surface area is 106 Å². The molecule has 0 bridgehead atoms. The third-order valence-corrected chi connectivity index (χ3v) is 3.55. The topological polar surface area (TPSA) is 57.2 Å². The molecule has 1 saturated carbocycles. The summed E-state index contributed by atoms with van der Waals surface area (Å²) in [5.41, 5.74) is 6.95. The first-order valence-electron chi connectivity index (χ1n) is 5.94.